The summed E-state index contributed by atoms with van der Waals surface area (Å²) in [5.41, 5.74) is 6.28. The van der Waals surface area contributed by atoms with Crippen molar-refractivity contribution in [1.29, 1.82) is 0 Å². The molecule has 1 aromatic carbocycles. The third-order valence-electron chi connectivity index (χ3n) is 4.17. The van der Waals surface area contributed by atoms with Gasteiger partial charge in [-0.1, -0.05) is 12.8 Å². The molecule has 0 aromatic heterocycles. The van der Waals surface area contributed by atoms with Crippen molar-refractivity contribution >= 4 is 11.4 Å². The molecule has 112 valence electrons. The maximum atomic E-state index is 13.0. The van der Waals surface area contributed by atoms with Crippen molar-refractivity contribution in [2.45, 2.75) is 32.1 Å². The molecule has 2 unspecified atom stereocenters. The van der Waals surface area contributed by atoms with Crippen molar-refractivity contribution in [2.24, 2.45) is 11.8 Å². The van der Waals surface area contributed by atoms with Gasteiger partial charge in [0.25, 0.3) is 6.43 Å². The van der Waals surface area contributed by atoms with Crippen LogP contribution in [0, 0.1) is 11.8 Å². The zero-order valence-electron chi connectivity index (χ0n) is 11.5. The maximum Gasteiger partial charge on any atom is 0.265 e. The lowest BCUT2D eigenvalue weighted by molar-refractivity contribution is 0.140. The van der Waals surface area contributed by atoms with Gasteiger partial charge >= 0.3 is 0 Å². The Morgan fingerprint density at radius 3 is 2.60 bits per heavy atom. The van der Waals surface area contributed by atoms with Gasteiger partial charge in [-0.25, -0.2) is 8.78 Å². The first-order valence-electron chi connectivity index (χ1n) is 7.14. The van der Waals surface area contributed by atoms with Crippen LogP contribution < -0.4 is 11.1 Å². The molecule has 0 bridgehead atoms. The number of nitrogen functional groups attached to an aromatic ring is 1. The first-order chi connectivity index (χ1) is 9.61. The minimum absolute atomic E-state index is 0.0543. The van der Waals surface area contributed by atoms with Gasteiger partial charge in [0.1, 0.15) is 0 Å². The van der Waals surface area contributed by atoms with Crippen LogP contribution in [-0.4, -0.2) is 18.3 Å². The number of nitrogens with one attached hydrogen (secondary N) is 1. The highest BCUT2D eigenvalue weighted by atomic mass is 19.3. The standard InChI is InChI=1S/C15H22F2N2O/c16-15(17)13-7-12(18)5-6-14(13)19-8-10-3-1-2-4-11(10)9-20/h5-7,10-11,15,19-20H,1-4,8-9,18H2. The Kier molecular flexibility index (Phi) is 5.17. The molecule has 0 radical (unpaired) electrons. The summed E-state index contributed by atoms with van der Waals surface area (Å²) in [6.45, 7) is 0.796. The normalized spacial score (nSPS) is 23.0. The Bertz CT molecular complexity index is 440. The van der Waals surface area contributed by atoms with Crippen molar-refractivity contribution in [2.75, 3.05) is 24.2 Å². The van der Waals surface area contributed by atoms with Gasteiger partial charge in [-0.3, -0.25) is 0 Å². The topological polar surface area (TPSA) is 58.3 Å². The minimum Gasteiger partial charge on any atom is -0.399 e. The van der Waals surface area contributed by atoms with Gasteiger partial charge in [0.15, 0.2) is 0 Å². The van der Waals surface area contributed by atoms with E-state index in [-0.39, 0.29) is 18.1 Å². The van der Waals surface area contributed by atoms with E-state index in [9.17, 15) is 13.9 Å². The summed E-state index contributed by atoms with van der Waals surface area (Å²) in [6, 6.07) is 4.55. The SMILES string of the molecule is Nc1ccc(NCC2CCCCC2CO)c(C(F)F)c1. The molecule has 2 atom stereocenters. The zero-order valence-corrected chi connectivity index (χ0v) is 11.5. The molecule has 1 aliphatic carbocycles. The van der Waals surface area contributed by atoms with E-state index in [1.165, 1.54) is 6.07 Å². The van der Waals surface area contributed by atoms with Crippen molar-refractivity contribution in [1.82, 2.24) is 0 Å². The summed E-state index contributed by atoms with van der Waals surface area (Å²) >= 11 is 0. The number of rotatable bonds is 5. The third-order valence-corrected chi connectivity index (χ3v) is 4.17. The fourth-order valence-electron chi connectivity index (χ4n) is 2.96. The molecule has 0 saturated heterocycles. The van der Waals surface area contributed by atoms with Crippen LogP contribution in [0.5, 0.6) is 0 Å². The Morgan fingerprint density at radius 2 is 1.95 bits per heavy atom. The number of halogens is 2. The van der Waals surface area contributed by atoms with E-state index in [4.69, 9.17) is 5.73 Å². The second kappa shape index (κ2) is 6.88. The van der Waals surface area contributed by atoms with Gasteiger partial charge in [0.2, 0.25) is 0 Å². The fraction of sp³-hybridized carbons (Fsp3) is 0.600. The first kappa shape index (κ1) is 15.0. The lowest BCUT2D eigenvalue weighted by atomic mass is 9.79. The average Bonchev–Trinajstić information content (AvgIpc) is 2.46. The van der Waals surface area contributed by atoms with Crippen LogP contribution in [0.1, 0.15) is 37.7 Å². The molecule has 5 heteroatoms. The summed E-state index contributed by atoms with van der Waals surface area (Å²) in [4.78, 5) is 0. The van der Waals surface area contributed by atoms with Crippen LogP contribution in [-0.2, 0) is 0 Å². The zero-order chi connectivity index (χ0) is 14.5. The van der Waals surface area contributed by atoms with Crippen LogP contribution in [0.4, 0.5) is 20.2 Å². The fourth-order valence-corrected chi connectivity index (χ4v) is 2.96. The lowest BCUT2D eigenvalue weighted by Crippen LogP contribution is -2.28. The quantitative estimate of drug-likeness (QED) is 0.726. The molecule has 1 fully saturated rings. The van der Waals surface area contributed by atoms with E-state index in [0.29, 0.717) is 23.8 Å². The summed E-state index contributed by atoms with van der Waals surface area (Å²) in [5.74, 6) is 0.622. The largest absolute Gasteiger partial charge is 0.399 e. The van der Waals surface area contributed by atoms with Crippen molar-refractivity contribution in [3.63, 3.8) is 0 Å². The second-order valence-corrected chi connectivity index (χ2v) is 5.52. The smallest absolute Gasteiger partial charge is 0.265 e. The molecule has 0 heterocycles. The van der Waals surface area contributed by atoms with Crippen LogP contribution in [0.15, 0.2) is 18.2 Å². The van der Waals surface area contributed by atoms with E-state index in [2.05, 4.69) is 5.32 Å². The molecule has 4 N–H and O–H groups in total. The van der Waals surface area contributed by atoms with Crippen molar-refractivity contribution in [3.8, 4) is 0 Å². The summed E-state index contributed by atoms with van der Waals surface area (Å²) < 4.78 is 26.0. The summed E-state index contributed by atoms with van der Waals surface area (Å²) in [6.07, 6.45) is 1.81. The first-order valence-corrected chi connectivity index (χ1v) is 7.14. The third kappa shape index (κ3) is 3.60. The highest BCUT2D eigenvalue weighted by Gasteiger charge is 2.24. The van der Waals surface area contributed by atoms with E-state index in [1.54, 1.807) is 12.1 Å². The van der Waals surface area contributed by atoms with Gasteiger partial charge in [-0.15, -0.1) is 0 Å². The maximum absolute atomic E-state index is 13.0. The predicted molar refractivity (Wildman–Crippen MR) is 76.8 cm³/mol. The number of aliphatic hydroxyl groups is 1. The number of nitrogens with two attached hydrogens (primary N) is 1. The number of anilines is 2. The van der Waals surface area contributed by atoms with Crippen LogP contribution in [0.2, 0.25) is 0 Å². The Labute approximate surface area is 118 Å². The number of alkyl halides is 2. The molecular formula is C15H22F2N2O. The van der Waals surface area contributed by atoms with E-state index < -0.39 is 6.43 Å². The Hall–Kier alpha value is -1.36. The minimum atomic E-state index is -2.54. The summed E-state index contributed by atoms with van der Waals surface area (Å²) in [7, 11) is 0. The molecule has 20 heavy (non-hydrogen) atoms. The van der Waals surface area contributed by atoms with Gasteiger partial charge in [-0.2, -0.15) is 0 Å². The van der Waals surface area contributed by atoms with Crippen LogP contribution in [0.25, 0.3) is 0 Å². The average molecular weight is 284 g/mol. The molecule has 3 nitrogen and oxygen atoms in total. The molecule has 1 aromatic rings. The van der Waals surface area contributed by atoms with Crippen LogP contribution >= 0.6 is 0 Å². The van der Waals surface area contributed by atoms with Gasteiger partial charge in [0, 0.05) is 30.1 Å². The van der Waals surface area contributed by atoms with E-state index >= 15 is 0 Å². The molecule has 1 aliphatic rings. The molecule has 0 spiro atoms. The van der Waals surface area contributed by atoms with Gasteiger partial charge < -0.3 is 16.2 Å². The van der Waals surface area contributed by atoms with E-state index in [1.807, 2.05) is 0 Å². The second-order valence-electron chi connectivity index (χ2n) is 5.52. The van der Waals surface area contributed by atoms with Crippen molar-refractivity contribution < 1.29 is 13.9 Å². The monoisotopic (exact) mass is 284 g/mol. The number of aliphatic hydroxyl groups excluding tert-OH is 1. The predicted octanol–water partition coefficient (Wildman–Crippen LogP) is 3.42. The Balaban J connectivity index is 2.03. The van der Waals surface area contributed by atoms with E-state index in [0.717, 1.165) is 25.7 Å². The number of hydrogen-bond acceptors (Lipinski definition) is 3. The van der Waals surface area contributed by atoms with Gasteiger partial charge in [0.05, 0.1) is 0 Å². The van der Waals surface area contributed by atoms with Crippen LogP contribution in [0.3, 0.4) is 0 Å². The Morgan fingerprint density at radius 1 is 1.25 bits per heavy atom. The van der Waals surface area contributed by atoms with Gasteiger partial charge in [-0.05, 0) is 42.9 Å². The molecule has 2 rings (SSSR count). The number of benzene rings is 1. The summed E-state index contributed by atoms with van der Waals surface area (Å²) in [5, 5.41) is 12.5. The molecule has 0 amide bonds. The molecular weight excluding hydrogens is 262 g/mol. The van der Waals surface area contributed by atoms with Crippen molar-refractivity contribution in [3.05, 3.63) is 23.8 Å². The highest BCUT2D eigenvalue weighted by Crippen LogP contribution is 2.32. The molecule has 0 aliphatic heterocycles. The highest BCUT2D eigenvalue weighted by molar-refractivity contribution is 5.58. The number of hydrogen-bond donors (Lipinski definition) is 3. The lowest BCUT2D eigenvalue weighted by Gasteiger charge is -2.30. The molecule has 1 saturated carbocycles.